The molecule has 1 amide bonds. The van der Waals surface area contributed by atoms with Crippen LogP contribution in [-0.4, -0.2) is 54.6 Å². The van der Waals surface area contributed by atoms with Crippen molar-refractivity contribution in [2.24, 2.45) is 16.6 Å². The third-order valence-corrected chi connectivity index (χ3v) is 5.20. The molecule has 0 bridgehead atoms. The molecule has 1 fully saturated rings. The van der Waals surface area contributed by atoms with Gasteiger partial charge in [-0.15, -0.1) is 24.0 Å². The summed E-state index contributed by atoms with van der Waals surface area (Å²) in [4.78, 5) is 18.4. The first-order chi connectivity index (χ1) is 13.6. The minimum absolute atomic E-state index is 0. The van der Waals surface area contributed by atoms with Crippen molar-refractivity contribution in [2.45, 2.75) is 59.4 Å². The topological polar surface area (TPSA) is 109 Å². The number of amides is 1. The summed E-state index contributed by atoms with van der Waals surface area (Å²) in [5, 5.41) is 10.8. The smallest absolute Gasteiger partial charge is 0.221 e. The van der Waals surface area contributed by atoms with Crippen molar-refractivity contribution in [1.82, 2.24) is 20.7 Å². The van der Waals surface area contributed by atoms with E-state index in [1.807, 2.05) is 0 Å². The number of hydrogen-bond donors (Lipinski definition) is 3. The molecule has 0 aromatic carbocycles. The van der Waals surface area contributed by atoms with Gasteiger partial charge in [-0.05, 0) is 45.7 Å². The van der Waals surface area contributed by atoms with E-state index in [4.69, 9.17) is 15.2 Å². The van der Waals surface area contributed by atoms with Crippen molar-refractivity contribution < 1.29 is 9.32 Å². The molecule has 2 heterocycles. The number of aliphatic imine (C=N–C) groups is 1. The van der Waals surface area contributed by atoms with Crippen molar-refractivity contribution in [1.29, 1.82) is 0 Å². The van der Waals surface area contributed by atoms with E-state index in [9.17, 15) is 4.79 Å². The molecule has 9 heteroatoms. The van der Waals surface area contributed by atoms with Gasteiger partial charge in [0, 0.05) is 31.6 Å². The molecule has 1 atom stereocenters. The second-order valence-electron chi connectivity index (χ2n) is 7.26. The first-order valence-corrected chi connectivity index (χ1v) is 10.6. The molecule has 0 saturated carbocycles. The Morgan fingerprint density at radius 3 is 2.76 bits per heavy atom. The van der Waals surface area contributed by atoms with Crippen LogP contribution in [0.25, 0.3) is 0 Å². The van der Waals surface area contributed by atoms with Crippen LogP contribution >= 0.6 is 24.0 Å². The third-order valence-electron chi connectivity index (χ3n) is 5.20. The number of hydrogen-bond acceptors (Lipinski definition) is 5. The number of rotatable bonds is 10. The number of nitrogens with zero attached hydrogens (tertiary/aromatic N) is 3. The van der Waals surface area contributed by atoms with Crippen molar-refractivity contribution in [2.75, 3.05) is 32.7 Å². The van der Waals surface area contributed by atoms with Gasteiger partial charge in [-0.25, -0.2) is 4.99 Å². The van der Waals surface area contributed by atoms with Crippen LogP contribution in [-0.2, 0) is 24.2 Å². The maximum absolute atomic E-state index is 11.4. The second-order valence-corrected chi connectivity index (χ2v) is 7.26. The number of nitrogens with two attached hydrogens (primary N) is 1. The molecule has 1 unspecified atom stereocenters. The van der Waals surface area contributed by atoms with E-state index in [1.165, 1.54) is 0 Å². The van der Waals surface area contributed by atoms with Gasteiger partial charge in [0.15, 0.2) is 5.96 Å². The summed E-state index contributed by atoms with van der Waals surface area (Å²) in [6.45, 7) is 11.2. The molecule has 4 N–H and O–H groups in total. The number of halogens is 1. The van der Waals surface area contributed by atoms with Crippen LogP contribution in [0.5, 0.6) is 0 Å². The molecule has 8 nitrogen and oxygen atoms in total. The van der Waals surface area contributed by atoms with Crippen molar-refractivity contribution >= 4 is 35.8 Å². The molecule has 1 aromatic heterocycles. The Morgan fingerprint density at radius 2 is 2.10 bits per heavy atom. The van der Waals surface area contributed by atoms with Gasteiger partial charge in [-0.1, -0.05) is 19.0 Å². The minimum Gasteiger partial charge on any atom is -0.369 e. The lowest BCUT2D eigenvalue weighted by molar-refractivity contribution is -0.123. The predicted octanol–water partition coefficient (Wildman–Crippen LogP) is 2.06. The zero-order valence-corrected chi connectivity index (χ0v) is 20.3. The van der Waals surface area contributed by atoms with Gasteiger partial charge in [0.05, 0.1) is 18.2 Å². The van der Waals surface area contributed by atoms with Crippen molar-refractivity contribution in [3.8, 4) is 0 Å². The largest absolute Gasteiger partial charge is 0.369 e. The number of carbonyl (C=O) groups excluding carboxylic acids is 1. The van der Waals surface area contributed by atoms with Crippen molar-refractivity contribution in [3.63, 3.8) is 0 Å². The highest BCUT2D eigenvalue weighted by Gasteiger charge is 2.23. The van der Waals surface area contributed by atoms with Crippen LogP contribution in [0.1, 0.15) is 57.1 Å². The van der Waals surface area contributed by atoms with Gasteiger partial charge >= 0.3 is 0 Å². The summed E-state index contributed by atoms with van der Waals surface area (Å²) in [5.74, 6) is 1.56. The number of likely N-dealkylation sites (tertiary alicyclic amines) is 1. The number of aromatic nitrogens is 1. The highest BCUT2D eigenvalue weighted by atomic mass is 127. The Labute approximate surface area is 191 Å². The van der Waals surface area contributed by atoms with Gasteiger partial charge in [0.2, 0.25) is 5.91 Å². The van der Waals surface area contributed by atoms with Crippen LogP contribution in [0.3, 0.4) is 0 Å². The van der Waals surface area contributed by atoms with E-state index in [-0.39, 0.29) is 35.8 Å². The first kappa shape index (κ1) is 25.7. The van der Waals surface area contributed by atoms with Gasteiger partial charge in [0.1, 0.15) is 5.76 Å². The van der Waals surface area contributed by atoms with Crippen molar-refractivity contribution in [3.05, 3.63) is 17.0 Å². The van der Waals surface area contributed by atoms with Gasteiger partial charge < -0.3 is 25.8 Å². The standard InChI is InChI=1S/C20H36N6O2.HI/c1-4-17-16(18(5-2)28-25-17)13-24-20(22-6-3)23-10-8-12-26-11-7-9-15(14-26)19(21)27;/h15H,4-14H2,1-3H3,(H2,21,27)(H2,22,23,24);1H. The fraction of sp³-hybridized carbons (Fsp3) is 0.750. The molecule has 1 aliphatic heterocycles. The number of piperidine rings is 1. The van der Waals surface area contributed by atoms with E-state index in [0.29, 0.717) is 6.54 Å². The number of guanidine groups is 1. The number of primary amides is 1. The number of nitrogens with one attached hydrogen (secondary N) is 2. The average Bonchev–Trinajstić information content (AvgIpc) is 3.11. The SMILES string of the molecule is CCNC(=NCc1c(CC)noc1CC)NCCCN1CCCC(C(N)=O)C1.I. The summed E-state index contributed by atoms with van der Waals surface area (Å²) in [6.07, 6.45) is 4.63. The Bertz CT molecular complexity index is 627. The Hall–Kier alpha value is -1.36. The lowest BCUT2D eigenvalue weighted by Gasteiger charge is -2.31. The van der Waals surface area contributed by atoms with E-state index >= 15 is 0 Å². The summed E-state index contributed by atoms with van der Waals surface area (Å²) < 4.78 is 5.42. The van der Waals surface area contributed by atoms with Gasteiger partial charge in [-0.2, -0.15) is 0 Å². The van der Waals surface area contributed by atoms with E-state index in [2.05, 4.69) is 41.5 Å². The quantitative estimate of drug-likeness (QED) is 0.189. The summed E-state index contributed by atoms with van der Waals surface area (Å²) in [6, 6.07) is 0. The van der Waals surface area contributed by atoms with E-state index in [1.54, 1.807) is 0 Å². The molecule has 0 radical (unpaired) electrons. The molecule has 2 rings (SSSR count). The summed E-state index contributed by atoms with van der Waals surface area (Å²) >= 11 is 0. The molecule has 166 valence electrons. The van der Waals surface area contributed by atoms with Crippen LogP contribution < -0.4 is 16.4 Å². The Kier molecular flexibility index (Phi) is 12.2. The lowest BCUT2D eigenvalue weighted by Crippen LogP contribution is -2.43. The second kappa shape index (κ2) is 13.8. The van der Waals surface area contributed by atoms with Gasteiger partial charge in [-0.3, -0.25) is 4.79 Å². The van der Waals surface area contributed by atoms with Crippen LogP contribution in [0.15, 0.2) is 9.52 Å². The van der Waals surface area contributed by atoms with E-state index in [0.717, 1.165) is 87.8 Å². The Balaban J connectivity index is 0.00000420. The minimum atomic E-state index is -0.170. The maximum atomic E-state index is 11.4. The molecule has 1 saturated heterocycles. The fourth-order valence-electron chi connectivity index (χ4n) is 3.62. The molecule has 0 spiro atoms. The number of carbonyl (C=O) groups is 1. The zero-order valence-electron chi connectivity index (χ0n) is 18.0. The Morgan fingerprint density at radius 1 is 1.31 bits per heavy atom. The highest BCUT2D eigenvalue weighted by Crippen LogP contribution is 2.17. The molecule has 1 aliphatic rings. The normalized spacial score (nSPS) is 17.6. The average molecular weight is 520 g/mol. The molecule has 29 heavy (non-hydrogen) atoms. The highest BCUT2D eigenvalue weighted by molar-refractivity contribution is 14.0. The molecule has 0 aliphatic carbocycles. The fourth-order valence-corrected chi connectivity index (χ4v) is 3.62. The third kappa shape index (κ3) is 8.12. The monoisotopic (exact) mass is 520 g/mol. The molecular formula is C20H37IN6O2. The predicted molar refractivity (Wildman–Crippen MR) is 126 cm³/mol. The van der Waals surface area contributed by atoms with Crippen LogP contribution in [0.2, 0.25) is 0 Å². The van der Waals surface area contributed by atoms with Gasteiger partial charge in [0.25, 0.3) is 0 Å². The zero-order chi connectivity index (χ0) is 20.4. The summed E-state index contributed by atoms with van der Waals surface area (Å²) in [7, 11) is 0. The lowest BCUT2D eigenvalue weighted by atomic mass is 9.97. The van der Waals surface area contributed by atoms with E-state index < -0.39 is 0 Å². The summed E-state index contributed by atoms with van der Waals surface area (Å²) in [5.41, 5.74) is 7.55. The molecule has 1 aromatic rings. The van der Waals surface area contributed by atoms with Crippen LogP contribution in [0.4, 0.5) is 0 Å². The maximum Gasteiger partial charge on any atom is 0.221 e. The first-order valence-electron chi connectivity index (χ1n) is 10.6. The van der Waals surface area contributed by atoms with Crippen LogP contribution in [0, 0.1) is 5.92 Å². The molecular weight excluding hydrogens is 483 g/mol. The number of aryl methyl sites for hydroxylation is 2.